The van der Waals surface area contributed by atoms with E-state index in [-0.39, 0.29) is 17.3 Å². The van der Waals surface area contributed by atoms with E-state index in [9.17, 15) is 13.2 Å². The van der Waals surface area contributed by atoms with Crippen molar-refractivity contribution in [2.75, 3.05) is 6.26 Å². The van der Waals surface area contributed by atoms with Crippen molar-refractivity contribution in [3.8, 4) is 18.1 Å². The van der Waals surface area contributed by atoms with Gasteiger partial charge in [-0.2, -0.15) is 0 Å². The van der Waals surface area contributed by atoms with Crippen LogP contribution in [0.2, 0.25) is 0 Å². The molecule has 0 aliphatic heterocycles. The largest absolute Gasteiger partial charge is 0.423 e. The number of aromatic nitrogens is 2. The topological polar surface area (TPSA) is 86.2 Å². The zero-order chi connectivity index (χ0) is 13.6. The maximum Gasteiger partial charge on any atom is 0.311 e. The van der Waals surface area contributed by atoms with Gasteiger partial charge in [-0.3, -0.25) is 4.79 Å². The van der Waals surface area contributed by atoms with Gasteiger partial charge in [0.2, 0.25) is 15.0 Å². The molecule has 6 nitrogen and oxygen atoms in total. The van der Waals surface area contributed by atoms with Crippen molar-refractivity contribution in [1.82, 2.24) is 9.97 Å². The van der Waals surface area contributed by atoms with Gasteiger partial charge in [-0.1, -0.05) is 0 Å². The Kier molecular flexibility index (Phi) is 4.80. The van der Waals surface area contributed by atoms with Crippen molar-refractivity contribution >= 4 is 15.8 Å². The molecule has 18 heavy (non-hydrogen) atoms. The molecule has 0 fully saturated rings. The van der Waals surface area contributed by atoms with E-state index in [4.69, 9.17) is 11.2 Å². The molecule has 0 aliphatic carbocycles. The fraction of sp³-hybridized carbons (Fsp3) is 0.364. The third-order valence-electron chi connectivity index (χ3n) is 1.87. The normalized spacial score (nSPS) is 10.7. The van der Waals surface area contributed by atoms with Crippen LogP contribution in [0.5, 0.6) is 5.75 Å². The number of hydrogen-bond donors (Lipinski definition) is 0. The van der Waals surface area contributed by atoms with Crippen molar-refractivity contribution in [2.24, 2.45) is 0 Å². The Hall–Kier alpha value is -1.94. The Morgan fingerprint density at radius 1 is 1.44 bits per heavy atom. The predicted octanol–water partition coefficient (Wildman–Crippen LogP) is 0.589. The highest BCUT2D eigenvalue weighted by molar-refractivity contribution is 7.90. The van der Waals surface area contributed by atoms with Crippen LogP contribution in [0, 0.1) is 12.3 Å². The molecule has 0 saturated heterocycles. The van der Waals surface area contributed by atoms with E-state index >= 15 is 0 Å². The monoisotopic (exact) mass is 268 g/mol. The van der Waals surface area contributed by atoms with Crippen molar-refractivity contribution < 1.29 is 17.9 Å². The minimum Gasteiger partial charge on any atom is -0.423 e. The van der Waals surface area contributed by atoms with Gasteiger partial charge in [-0.25, -0.2) is 18.4 Å². The first kappa shape index (κ1) is 14.1. The molecule has 1 aromatic rings. The molecule has 0 aromatic carbocycles. The van der Waals surface area contributed by atoms with Crippen molar-refractivity contribution in [3.63, 3.8) is 0 Å². The molecule has 7 heteroatoms. The van der Waals surface area contributed by atoms with Gasteiger partial charge in [-0.05, 0) is 6.42 Å². The first-order valence-electron chi connectivity index (χ1n) is 5.09. The average molecular weight is 268 g/mol. The maximum atomic E-state index is 11.3. The summed E-state index contributed by atoms with van der Waals surface area (Å²) in [4.78, 5) is 18.5. The Labute approximate surface area is 105 Å². The average Bonchev–Trinajstić information content (AvgIpc) is 2.29. The zero-order valence-corrected chi connectivity index (χ0v) is 10.6. The lowest BCUT2D eigenvalue weighted by Gasteiger charge is -2.03. The summed E-state index contributed by atoms with van der Waals surface area (Å²) in [5.41, 5.74) is 0. The highest BCUT2D eigenvalue weighted by atomic mass is 32.2. The molecular weight excluding hydrogens is 256 g/mol. The standard InChI is InChI=1S/C11H12N2O4S/c1-3-4-5-6-10(14)17-9-7-12-11(13-8-9)18(2,15)16/h1,7-8H,4-6H2,2H3. The molecular formula is C11H12N2O4S. The second kappa shape index (κ2) is 6.12. The van der Waals surface area contributed by atoms with Crippen LogP contribution in [-0.2, 0) is 14.6 Å². The number of sulfone groups is 1. The quantitative estimate of drug-likeness (QED) is 0.336. The summed E-state index contributed by atoms with van der Waals surface area (Å²) in [6, 6.07) is 0. The number of esters is 1. The second-order valence-electron chi connectivity index (χ2n) is 3.51. The Morgan fingerprint density at radius 3 is 2.56 bits per heavy atom. The number of unbranched alkanes of at least 4 members (excludes halogenated alkanes) is 1. The van der Waals surface area contributed by atoms with Crippen LogP contribution in [0.3, 0.4) is 0 Å². The van der Waals surface area contributed by atoms with Crippen molar-refractivity contribution in [2.45, 2.75) is 24.4 Å². The molecule has 0 atom stereocenters. The predicted molar refractivity (Wildman–Crippen MR) is 63.5 cm³/mol. The summed E-state index contributed by atoms with van der Waals surface area (Å²) in [5, 5.41) is -0.311. The van der Waals surface area contributed by atoms with E-state index < -0.39 is 15.8 Å². The van der Waals surface area contributed by atoms with Crippen LogP contribution in [-0.4, -0.2) is 30.6 Å². The minimum absolute atomic E-state index is 0.105. The Morgan fingerprint density at radius 2 is 2.06 bits per heavy atom. The number of carbonyl (C=O) groups is 1. The summed E-state index contributed by atoms with van der Waals surface area (Å²) in [7, 11) is -3.45. The molecule has 0 unspecified atom stereocenters. The lowest BCUT2D eigenvalue weighted by molar-refractivity contribution is -0.134. The summed E-state index contributed by atoms with van der Waals surface area (Å²) >= 11 is 0. The summed E-state index contributed by atoms with van der Waals surface area (Å²) in [6.07, 6.45) is 9.55. The van der Waals surface area contributed by atoms with E-state index in [1.165, 1.54) is 0 Å². The minimum atomic E-state index is -3.45. The van der Waals surface area contributed by atoms with Gasteiger partial charge in [0, 0.05) is 19.1 Å². The van der Waals surface area contributed by atoms with Crippen LogP contribution >= 0.6 is 0 Å². The highest BCUT2D eigenvalue weighted by Crippen LogP contribution is 2.10. The summed E-state index contributed by atoms with van der Waals surface area (Å²) < 4.78 is 27.1. The van der Waals surface area contributed by atoms with Crippen LogP contribution in [0.15, 0.2) is 17.6 Å². The van der Waals surface area contributed by atoms with Gasteiger partial charge in [0.15, 0.2) is 5.75 Å². The van der Waals surface area contributed by atoms with Crippen LogP contribution in [0.4, 0.5) is 0 Å². The number of terminal acetylenes is 1. The molecule has 1 heterocycles. The van der Waals surface area contributed by atoms with Gasteiger partial charge in [0.25, 0.3) is 0 Å². The van der Waals surface area contributed by atoms with E-state index in [0.717, 1.165) is 18.6 Å². The number of nitrogens with zero attached hydrogens (tertiary/aromatic N) is 2. The molecule has 0 aliphatic rings. The fourth-order valence-electron chi connectivity index (χ4n) is 1.07. The van der Waals surface area contributed by atoms with Gasteiger partial charge in [-0.15, -0.1) is 12.3 Å². The lowest BCUT2D eigenvalue weighted by atomic mass is 10.2. The van der Waals surface area contributed by atoms with Crippen molar-refractivity contribution in [3.05, 3.63) is 12.4 Å². The summed E-state index contributed by atoms with van der Waals surface area (Å²) in [5.74, 6) is 2.06. The number of ether oxygens (including phenoxy) is 1. The third kappa shape index (κ3) is 4.51. The van der Waals surface area contributed by atoms with E-state index in [2.05, 4.69) is 15.9 Å². The van der Waals surface area contributed by atoms with E-state index in [0.29, 0.717) is 12.8 Å². The van der Waals surface area contributed by atoms with E-state index in [1.807, 2.05) is 0 Å². The molecule has 1 rings (SSSR count). The molecule has 0 N–H and O–H groups in total. The van der Waals surface area contributed by atoms with E-state index in [1.54, 1.807) is 0 Å². The maximum absolute atomic E-state index is 11.3. The smallest absolute Gasteiger partial charge is 0.311 e. The van der Waals surface area contributed by atoms with Crippen LogP contribution in [0.25, 0.3) is 0 Å². The number of carbonyl (C=O) groups excluding carboxylic acids is 1. The lowest BCUT2D eigenvalue weighted by Crippen LogP contribution is -2.09. The third-order valence-corrected chi connectivity index (χ3v) is 2.74. The molecule has 96 valence electrons. The molecule has 0 amide bonds. The zero-order valence-electron chi connectivity index (χ0n) is 9.79. The Bertz CT molecular complexity index is 558. The molecule has 0 bridgehead atoms. The first-order chi connectivity index (χ1) is 8.43. The molecule has 0 saturated carbocycles. The van der Waals surface area contributed by atoms with Crippen molar-refractivity contribution in [1.29, 1.82) is 0 Å². The van der Waals surface area contributed by atoms with Crippen LogP contribution < -0.4 is 4.74 Å². The van der Waals surface area contributed by atoms with Gasteiger partial charge < -0.3 is 4.74 Å². The fourth-order valence-corrected chi connectivity index (χ4v) is 1.55. The van der Waals surface area contributed by atoms with Gasteiger partial charge in [0.1, 0.15) is 0 Å². The number of hydrogen-bond acceptors (Lipinski definition) is 6. The first-order valence-corrected chi connectivity index (χ1v) is 6.99. The SMILES string of the molecule is C#CCCCC(=O)Oc1cnc(S(C)(=O)=O)nc1. The van der Waals surface area contributed by atoms with Crippen LogP contribution in [0.1, 0.15) is 19.3 Å². The molecule has 0 radical (unpaired) electrons. The van der Waals surface area contributed by atoms with Gasteiger partial charge >= 0.3 is 5.97 Å². The summed E-state index contributed by atoms with van der Waals surface area (Å²) in [6.45, 7) is 0. The second-order valence-corrected chi connectivity index (χ2v) is 5.41. The Balaban J connectivity index is 2.59. The highest BCUT2D eigenvalue weighted by Gasteiger charge is 2.11. The van der Waals surface area contributed by atoms with Gasteiger partial charge in [0.05, 0.1) is 12.4 Å². The number of rotatable bonds is 5. The molecule has 0 spiro atoms. The molecule has 1 aromatic heterocycles.